The number of carboxylic acid groups (broad SMARTS) is 1. The second kappa shape index (κ2) is 58.3. The highest BCUT2D eigenvalue weighted by Gasteiger charge is 2.66. The Morgan fingerprint density at radius 1 is 0.604 bits per heavy atom. The van der Waals surface area contributed by atoms with Crippen molar-refractivity contribution in [3.8, 4) is 23.0 Å². The van der Waals surface area contributed by atoms with Crippen LogP contribution in [0.5, 0.6) is 0 Å². The molecule has 746 valence electrons. The zero-order valence-corrected chi connectivity index (χ0v) is 81.0. The summed E-state index contributed by atoms with van der Waals surface area (Å²) >= 11 is 1.41. The molecule has 0 radical (unpaired) electrons. The molecule has 0 spiro atoms. The number of rotatable bonds is 72. The Bertz CT molecular complexity index is 4600. The number of carbonyl (C=O) groups excluding carboxylic acids is 2. The van der Waals surface area contributed by atoms with Gasteiger partial charge in [-0.3, -0.25) is 19.3 Å². The Kier molecular flexibility index (Phi) is 47.2. The number of pyridine rings is 1. The lowest BCUT2D eigenvalue weighted by atomic mass is 9.39. The smallest absolute Gasteiger partial charge is 0.410 e. The molecule has 3 aromatic carbocycles. The third-order valence-corrected chi connectivity index (χ3v) is 25.3. The number of nitrogens with zero attached hydrogens (tertiary/aromatic N) is 6. The van der Waals surface area contributed by atoms with Crippen molar-refractivity contribution in [2.75, 3.05) is 286 Å². The second-order valence-corrected chi connectivity index (χ2v) is 37.9. The number of methoxy groups -OCH3 is 1. The van der Waals surface area contributed by atoms with Gasteiger partial charge in [-0.05, 0) is 135 Å². The molecule has 5 aliphatic rings. The average molecular weight is 1920 g/mol. The number of hydrogen-bond acceptors (Lipinski definition) is 32. The van der Waals surface area contributed by atoms with Crippen molar-refractivity contribution in [1.29, 1.82) is 0 Å². The summed E-state index contributed by atoms with van der Waals surface area (Å²) in [5.41, 5.74) is 12.2. The van der Waals surface area contributed by atoms with E-state index in [4.69, 9.17) is 106 Å². The average Bonchev–Trinajstić information content (AvgIpc) is 0.747. The quantitative estimate of drug-likeness (QED) is 0.0117. The van der Waals surface area contributed by atoms with Crippen LogP contribution >= 0.6 is 11.3 Å². The van der Waals surface area contributed by atoms with Crippen molar-refractivity contribution in [1.82, 2.24) is 30.0 Å². The van der Waals surface area contributed by atoms with E-state index in [0.29, 0.717) is 295 Å². The molecular formula is C96H144N10O26S2. The first kappa shape index (κ1) is 108. The molecule has 4 fully saturated rings. The van der Waals surface area contributed by atoms with Gasteiger partial charge >= 0.3 is 12.1 Å². The van der Waals surface area contributed by atoms with Crippen molar-refractivity contribution in [3.05, 3.63) is 118 Å². The number of nitrogens with one attached hydrogen (secondary N) is 3. The van der Waals surface area contributed by atoms with Gasteiger partial charge in [0, 0.05) is 104 Å². The molecule has 2 amide bonds. The van der Waals surface area contributed by atoms with Crippen LogP contribution in [0.3, 0.4) is 0 Å². The predicted octanol–water partition coefficient (Wildman–Crippen LogP) is 9.68. The molecule has 4 heterocycles. The number of carboxylic acids is 1. The summed E-state index contributed by atoms with van der Waals surface area (Å²) in [5, 5.41) is 26.3. The van der Waals surface area contributed by atoms with Crippen LogP contribution < -0.4 is 26.6 Å². The zero-order chi connectivity index (χ0) is 95.1. The highest BCUT2D eigenvalue weighted by Crippen LogP contribution is 2.72. The van der Waals surface area contributed by atoms with Crippen molar-refractivity contribution < 1.29 is 122 Å². The molecule has 11 rings (SSSR count). The number of anilines is 3. The minimum Gasteiger partial charge on any atom is -0.476 e. The Labute approximate surface area is 793 Å². The molecule has 6 aromatic rings. The number of aromatic nitrogens is 4. The van der Waals surface area contributed by atoms with E-state index >= 15 is 0 Å². The molecule has 4 bridgehead atoms. The first-order valence-electron chi connectivity index (χ1n) is 46.8. The van der Waals surface area contributed by atoms with Crippen LogP contribution in [0, 0.1) is 40.9 Å². The molecule has 7 N–H and O–H groups in total. The fourth-order valence-corrected chi connectivity index (χ4v) is 19.4. The van der Waals surface area contributed by atoms with Gasteiger partial charge in [0.2, 0.25) is 0 Å². The molecular weight excluding hydrogens is 1770 g/mol. The van der Waals surface area contributed by atoms with E-state index in [1.54, 1.807) is 25.4 Å². The van der Waals surface area contributed by atoms with Gasteiger partial charge in [0.1, 0.15) is 19.0 Å². The zero-order valence-electron chi connectivity index (χ0n) is 79.4. The summed E-state index contributed by atoms with van der Waals surface area (Å²) in [6.45, 7) is 29.7. The van der Waals surface area contributed by atoms with Crippen LogP contribution in [0.15, 0.2) is 79.0 Å². The number of thiazole rings is 1. The standard InChI is InChI=1S/C96H144N10O26S2/c1-73(2)84(97)63-98-74(3)61-99-79-18-17-78(77(60-79)13-11-25-115-29-30-117-33-34-119-37-38-121-41-42-123-45-46-125-49-50-127-53-54-129-57-58-130-56-55-128-52-51-126-48-47-124-44-43-122-40-39-120-36-35-118-32-31-116-28-27-114-7)65-131-92(110)104(24-59-134(111,112)113)23-26-132-96-69-93(5)66-94(6,70-96)68-95(67-93,71-96)72-106-75(4)82(62-100-106)80-19-20-87(102-88(80)90(108)109)105-22-21-76-12-10-14-81(83(76)64-105)89(107)103-91-101-85-15-8-9-16-86(85)133-91/h8-10,12,14-20,60,62,73-74,84,98-99H,21-59,61,63-72,97H2,1-7H3,(H,108,109)(H,101,103,107)(H,111,112,113)/t74-,84+,93?,94?,95?,96?/m0/s1. The van der Waals surface area contributed by atoms with Gasteiger partial charge in [-0.15, -0.1) is 0 Å². The van der Waals surface area contributed by atoms with E-state index in [9.17, 15) is 32.5 Å². The van der Waals surface area contributed by atoms with E-state index in [-0.39, 0.29) is 79.4 Å². The van der Waals surface area contributed by atoms with E-state index in [1.165, 1.54) is 16.2 Å². The molecule has 0 saturated heterocycles. The van der Waals surface area contributed by atoms with Crippen LogP contribution in [0.25, 0.3) is 21.3 Å². The highest BCUT2D eigenvalue weighted by atomic mass is 32.2. The number of nitrogens with two attached hydrogens (primary N) is 1. The van der Waals surface area contributed by atoms with Crippen LogP contribution in [0.2, 0.25) is 0 Å². The van der Waals surface area contributed by atoms with Gasteiger partial charge in [0.15, 0.2) is 10.8 Å². The number of hydrogen-bond donors (Lipinski definition) is 6. The number of fused-ring (bicyclic) bond motifs is 2. The maximum atomic E-state index is 14.3. The topological polar surface area (TPSA) is 413 Å². The fraction of sp³-hybridized carbons (Fsp3) is 0.667. The Hall–Kier alpha value is -7.61. The Balaban J connectivity index is 0.579. The molecule has 3 aromatic heterocycles. The van der Waals surface area contributed by atoms with Crippen molar-refractivity contribution >= 4 is 66.3 Å². The number of benzene rings is 3. The number of para-hydroxylation sites is 1. The van der Waals surface area contributed by atoms with Crippen LogP contribution in [0.1, 0.15) is 122 Å². The summed E-state index contributed by atoms with van der Waals surface area (Å²) in [4.78, 5) is 54.2. The van der Waals surface area contributed by atoms with Gasteiger partial charge < -0.3 is 121 Å². The predicted molar refractivity (Wildman–Crippen MR) is 506 cm³/mol. The summed E-state index contributed by atoms with van der Waals surface area (Å²) in [6, 6.07) is 22.8. The maximum absolute atomic E-state index is 14.3. The lowest BCUT2D eigenvalue weighted by molar-refractivity contribution is -0.248. The number of aromatic carboxylic acids is 1. The minimum absolute atomic E-state index is 0.00205. The van der Waals surface area contributed by atoms with Crippen molar-refractivity contribution in [3.63, 3.8) is 0 Å². The van der Waals surface area contributed by atoms with Crippen LogP contribution in [0.4, 0.5) is 21.4 Å². The SMILES string of the molecule is COCCOCCOCCOCCOCCOCCOCCOCCOCCOCCOCCOCCOCCOCCOCCOCCOCC#Cc1cc(NC[C@H](C)NC[C@@H](N)C(C)C)ccc1COC(=O)N(CCOC12CC3(C)CC(C)(CC(Cn4ncc(-c5ccc(N6CCc7cccc(C(=O)Nc8nc9ccccc9s8)c7C6)nc5C(=O)O)c4C)(C3)C1)C2)CCS(=O)(=O)O. The first-order chi connectivity index (χ1) is 64.9. The Morgan fingerprint density at radius 2 is 1.13 bits per heavy atom. The van der Waals surface area contributed by atoms with E-state index in [0.717, 1.165) is 64.8 Å². The summed E-state index contributed by atoms with van der Waals surface area (Å²) in [7, 11) is -2.86. The minimum atomic E-state index is -4.50. The third kappa shape index (κ3) is 38.0. The highest BCUT2D eigenvalue weighted by molar-refractivity contribution is 7.85. The summed E-state index contributed by atoms with van der Waals surface area (Å²) in [5.74, 6) is 4.94. The van der Waals surface area contributed by atoms with E-state index in [2.05, 4.69) is 67.4 Å². The molecule has 1 aliphatic heterocycles. The number of carbonyl (C=O) groups is 3. The van der Waals surface area contributed by atoms with Crippen LogP contribution in [-0.2, 0) is 126 Å². The van der Waals surface area contributed by atoms with Gasteiger partial charge in [-0.1, -0.05) is 81.2 Å². The maximum Gasteiger partial charge on any atom is 0.410 e. The molecule has 36 nitrogen and oxygen atoms in total. The summed E-state index contributed by atoms with van der Waals surface area (Å²) in [6.07, 6.45) is 6.69. The molecule has 38 heteroatoms. The first-order valence-corrected chi connectivity index (χ1v) is 49.2. The van der Waals surface area contributed by atoms with Gasteiger partial charge in [-0.25, -0.2) is 19.6 Å². The fourth-order valence-electron chi connectivity index (χ4n) is 18.1. The molecule has 134 heavy (non-hydrogen) atoms. The van der Waals surface area contributed by atoms with Gasteiger partial charge in [-0.2, -0.15) is 13.5 Å². The summed E-state index contributed by atoms with van der Waals surface area (Å²) < 4.78 is 145. The second-order valence-electron chi connectivity index (χ2n) is 35.3. The number of ether oxygens (including phenoxy) is 19. The molecule has 4 saturated carbocycles. The van der Waals surface area contributed by atoms with Gasteiger partial charge in [0.05, 0.1) is 246 Å². The largest absolute Gasteiger partial charge is 0.476 e. The van der Waals surface area contributed by atoms with Crippen molar-refractivity contribution in [2.24, 2.45) is 27.9 Å². The third-order valence-electron chi connectivity index (χ3n) is 23.7. The van der Waals surface area contributed by atoms with Crippen LogP contribution in [-0.4, -0.2) is 349 Å². The lowest BCUT2D eigenvalue weighted by Gasteiger charge is -2.69. The molecule has 4 atom stereocenters. The van der Waals surface area contributed by atoms with Crippen molar-refractivity contribution in [2.45, 2.75) is 124 Å². The number of amides is 2. The normalized spacial score (nSPS) is 18.4. The van der Waals surface area contributed by atoms with E-state index in [1.807, 2.05) is 77.2 Å². The molecule has 4 aliphatic carbocycles. The van der Waals surface area contributed by atoms with E-state index < -0.39 is 33.5 Å². The molecule has 2 unspecified atom stereocenters. The monoisotopic (exact) mass is 1920 g/mol. The lowest BCUT2D eigenvalue weighted by Crippen LogP contribution is -2.64. The Morgan fingerprint density at radius 3 is 1.65 bits per heavy atom. The van der Waals surface area contributed by atoms with Gasteiger partial charge in [0.25, 0.3) is 16.0 Å².